The van der Waals surface area contributed by atoms with Crippen LogP contribution in [0.5, 0.6) is 0 Å². The quantitative estimate of drug-likeness (QED) is 0.810. The van der Waals surface area contributed by atoms with Crippen LogP contribution in [-0.4, -0.2) is 64.9 Å². The van der Waals surface area contributed by atoms with Crippen LogP contribution in [0, 0.1) is 5.92 Å². The van der Waals surface area contributed by atoms with Crippen LogP contribution < -0.4 is 4.90 Å². The molecule has 0 radical (unpaired) electrons. The third kappa shape index (κ3) is 4.47. The van der Waals surface area contributed by atoms with E-state index in [1.165, 1.54) is 6.42 Å². The second-order valence-electron chi connectivity index (χ2n) is 7.65. The van der Waals surface area contributed by atoms with E-state index in [9.17, 15) is 4.79 Å². The van der Waals surface area contributed by atoms with Crippen LogP contribution >= 0.6 is 11.3 Å². The molecule has 27 heavy (non-hydrogen) atoms. The molecule has 1 atom stereocenters. The Bertz CT molecular complexity index is 740. The molecule has 2 aromatic rings. The van der Waals surface area contributed by atoms with Crippen LogP contribution in [-0.2, 0) is 6.54 Å². The van der Waals surface area contributed by atoms with Crippen molar-refractivity contribution in [2.24, 2.45) is 5.92 Å². The lowest BCUT2D eigenvalue weighted by Crippen LogP contribution is -2.46. The fourth-order valence-corrected chi connectivity index (χ4v) is 4.49. The molecule has 2 aliphatic heterocycles. The summed E-state index contributed by atoms with van der Waals surface area (Å²) in [6, 6.07) is 3.93. The Kier molecular flexibility index (Phi) is 5.69. The van der Waals surface area contributed by atoms with Gasteiger partial charge in [-0.1, -0.05) is 6.92 Å². The van der Waals surface area contributed by atoms with Crippen molar-refractivity contribution in [3.63, 3.8) is 0 Å². The zero-order valence-electron chi connectivity index (χ0n) is 15.9. The van der Waals surface area contributed by atoms with Crippen LogP contribution in [0.2, 0.25) is 0 Å². The summed E-state index contributed by atoms with van der Waals surface area (Å²) in [4.78, 5) is 28.4. The van der Waals surface area contributed by atoms with Crippen LogP contribution in [0.25, 0.3) is 0 Å². The van der Waals surface area contributed by atoms with Crippen molar-refractivity contribution in [2.45, 2.75) is 26.3 Å². The van der Waals surface area contributed by atoms with Gasteiger partial charge in [0.2, 0.25) is 0 Å². The zero-order valence-corrected chi connectivity index (χ0v) is 16.7. The minimum absolute atomic E-state index is 0.119. The van der Waals surface area contributed by atoms with Gasteiger partial charge in [-0.3, -0.25) is 9.69 Å². The SMILES string of the molecule is CC1CCCN(C(=O)c2ccc(N3CCN(Cc4cscn4)CC3)nc2)C1. The number of nitrogens with zero attached hydrogens (tertiary/aromatic N) is 5. The molecule has 1 unspecified atom stereocenters. The van der Waals surface area contributed by atoms with E-state index in [1.807, 2.05) is 22.5 Å². The van der Waals surface area contributed by atoms with Gasteiger partial charge in [-0.2, -0.15) is 0 Å². The number of piperazine rings is 1. The molecule has 6 nitrogen and oxygen atoms in total. The molecule has 4 rings (SSSR count). The fraction of sp³-hybridized carbons (Fsp3) is 0.550. The summed E-state index contributed by atoms with van der Waals surface area (Å²) in [5, 5.41) is 2.12. The highest BCUT2D eigenvalue weighted by molar-refractivity contribution is 7.07. The smallest absolute Gasteiger partial charge is 0.255 e. The number of piperidine rings is 1. The van der Waals surface area contributed by atoms with E-state index in [0.717, 1.165) is 63.7 Å². The average Bonchev–Trinajstić information content (AvgIpc) is 3.21. The maximum absolute atomic E-state index is 12.7. The molecular weight excluding hydrogens is 358 g/mol. The number of aromatic nitrogens is 2. The highest BCUT2D eigenvalue weighted by atomic mass is 32.1. The molecule has 7 heteroatoms. The Morgan fingerprint density at radius 3 is 2.70 bits per heavy atom. The van der Waals surface area contributed by atoms with Crippen molar-refractivity contribution < 1.29 is 4.79 Å². The molecule has 0 saturated carbocycles. The van der Waals surface area contributed by atoms with Gasteiger partial charge in [-0.25, -0.2) is 9.97 Å². The Balaban J connectivity index is 1.32. The van der Waals surface area contributed by atoms with Gasteiger partial charge < -0.3 is 9.80 Å². The number of hydrogen-bond acceptors (Lipinski definition) is 6. The number of hydrogen-bond donors (Lipinski definition) is 0. The van der Waals surface area contributed by atoms with E-state index in [4.69, 9.17) is 0 Å². The van der Waals surface area contributed by atoms with Crippen LogP contribution in [0.4, 0.5) is 5.82 Å². The first-order valence-corrected chi connectivity index (χ1v) is 10.7. The average molecular weight is 386 g/mol. The van der Waals surface area contributed by atoms with Crippen molar-refractivity contribution in [1.29, 1.82) is 0 Å². The Morgan fingerprint density at radius 1 is 1.19 bits per heavy atom. The first kappa shape index (κ1) is 18.4. The van der Waals surface area contributed by atoms with Gasteiger partial charge in [0.25, 0.3) is 5.91 Å². The first-order chi connectivity index (χ1) is 13.2. The summed E-state index contributed by atoms with van der Waals surface area (Å²) in [6.45, 7) is 8.79. The van der Waals surface area contributed by atoms with E-state index < -0.39 is 0 Å². The number of amides is 1. The van der Waals surface area contributed by atoms with Gasteiger partial charge in [0.15, 0.2) is 0 Å². The molecule has 2 aliphatic rings. The predicted molar refractivity (Wildman–Crippen MR) is 108 cm³/mol. The molecule has 144 valence electrons. The number of thiazole rings is 1. The van der Waals surface area contributed by atoms with E-state index in [2.05, 4.69) is 32.1 Å². The maximum Gasteiger partial charge on any atom is 0.255 e. The van der Waals surface area contributed by atoms with Gasteiger partial charge in [0, 0.05) is 57.4 Å². The summed E-state index contributed by atoms with van der Waals surface area (Å²) in [5.41, 5.74) is 3.75. The van der Waals surface area contributed by atoms with Gasteiger partial charge >= 0.3 is 0 Å². The minimum Gasteiger partial charge on any atom is -0.354 e. The summed E-state index contributed by atoms with van der Waals surface area (Å²) >= 11 is 1.65. The Morgan fingerprint density at radius 2 is 2.04 bits per heavy atom. The van der Waals surface area contributed by atoms with E-state index >= 15 is 0 Å². The number of carbonyl (C=O) groups excluding carboxylic acids is 1. The molecule has 2 saturated heterocycles. The molecule has 4 heterocycles. The highest BCUT2D eigenvalue weighted by Crippen LogP contribution is 2.20. The van der Waals surface area contributed by atoms with Crippen molar-refractivity contribution in [3.8, 4) is 0 Å². The number of anilines is 1. The molecule has 0 spiro atoms. The van der Waals surface area contributed by atoms with Crippen LogP contribution in [0.1, 0.15) is 35.8 Å². The molecule has 2 aromatic heterocycles. The number of rotatable bonds is 4. The predicted octanol–water partition coefficient (Wildman–Crippen LogP) is 2.73. The summed E-state index contributed by atoms with van der Waals surface area (Å²) < 4.78 is 0. The highest BCUT2D eigenvalue weighted by Gasteiger charge is 2.23. The second-order valence-corrected chi connectivity index (χ2v) is 8.37. The molecule has 2 fully saturated rings. The van der Waals surface area contributed by atoms with Gasteiger partial charge in [-0.05, 0) is 30.9 Å². The Labute approximate surface area is 164 Å². The number of likely N-dealkylation sites (tertiary alicyclic amines) is 1. The molecule has 0 aliphatic carbocycles. The maximum atomic E-state index is 12.7. The standard InChI is InChI=1S/C20H27N5OS/c1-16-3-2-6-25(12-16)20(26)17-4-5-19(21-11-17)24-9-7-23(8-10-24)13-18-14-27-15-22-18/h4-5,11,14-16H,2-3,6-10,12-13H2,1H3. The molecule has 1 amide bonds. The van der Waals surface area contributed by atoms with E-state index in [-0.39, 0.29) is 5.91 Å². The topological polar surface area (TPSA) is 52.6 Å². The third-order valence-corrected chi connectivity index (χ3v) is 6.14. The van der Waals surface area contributed by atoms with Gasteiger partial charge in [-0.15, -0.1) is 11.3 Å². The normalized spacial score (nSPS) is 21.4. The second kappa shape index (κ2) is 8.35. The third-order valence-electron chi connectivity index (χ3n) is 5.50. The lowest BCUT2D eigenvalue weighted by molar-refractivity contribution is 0.0682. The van der Waals surface area contributed by atoms with Gasteiger partial charge in [0.05, 0.1) is 16.8 Å². The van der Waals surface area contributed by atoms with Crippen LogP contribution in [0.3, 0.4) is 0 Å². The number of pyridine rings is 1. The van der Waals surface area contributed by atoms with E-state index in [0.29, 0.717) is 11.5 Å². The molecule has 0 bridgehead atoms. The minimum atomic E-state index is 0.119. The molecular formula is C20H27N5OS. The zero-order chi connectivity index (χ0) is 18.6. The monoisotopic (exact) mass is 385 g/mol. The Hall–Kier alpha value is -1.99. The summed E-state index contributed by atoms with van der Waals surface area (Å²) in [5.74, 6) is 1.68. The molecule has 0 aromatic carbocycles. The summed E-state index contributed by atoms with van der Waals surface area (Å²) in [6.07, 6.45) is 4.07. The fourth-order valence-electron chi connectivity index (χ4n) is 3.94. The van der Waals surface area contributed by atoms with Crippen molar-refractivity contribution in [1.82, 2.24) is 19.8 Å². The van der Waals surface area contributed by atoms with Crippen molar-refractivity contribution in [2.75, 3.05) is 44.2 Å². The number of carbonyl (C=O) groups is 1. The lowest BCUT2D eigenvalue weighted by atomic mass is 10.00. The lowest BCUT2D eigenvalue weighted by Gasteiger charge is -2.35. The van der Waals surface area contributed by atoms with Crippen LogP contribution in [0.15, 0.2) is 29.2 Å². The van der Waals surface area contributed by atoms with E-state index in [1.54, 1.807) is 17.5 Å². The first-order valence-electron chi connectivity index (χ1n) is 9.79. The van der Waals surface area contributed by atoms with Crippen molar-refractivity contribution in [3.05, 3.63) is 40.5 Å². The van der Waals surface area contributed by atoms with Crippen molar-refractivity contribution >= 4 is 23.1 Å². The largest absolute Gasteiger partial charge is 0.354 e. The van der Waals surface area contributed by atoms with Gasteiger partial charge in [0.1, 0.15) is 5.82 Å². The summed E-state index contributed by atoms with van der Waals surface area (Å²) in [7, 11) is 0. The molecule has 0 N–H and O–H groups in total.